The van der Waals surface area contributed by atoms with Crippen LogP contribution in [0.4, 0.5) is 0 Å². The van der Waals surface area contributed by atoms with Gasteiger partial charge in [0.1, 0.15) is 5.75 Å². The molecule has 3 aromatic heterocycles. The van der Waals surface area contributed by atoms with Crippen LogP contribution in [0.1, 0.15) is 79.7 Å². The minimum Gasteiger partial charge on any atom is -0.507 e. The van der Waals surface area contributed by atoms with Gasteiger partial charge in [-0.2, -0.15) is 0 Å². The number of nitrogens with zero attached hydrogens (tertiary/aromatic N) is 3. The molecule has 309 valence electrons. The number of hydrogen-bond donors (Lipinski definition) is 1. The normalized spacial score (nSPS) is 11.9. The molecule has 0 fully saturated rings. The summed E-state index contributed by atoms with van der Waals surface area (Å²) in [6, 6.07) is 56.7. The quantitative estimate of drug-likeness (QED) is 0.146. The van der Waals surface area contributed by atoms with Gasteiger partial charge in [0.25, 0.3) is 0 Å². The summed E-state index contributed by atoms with van der Waals surface area (Å²) in [5.41, 5.74) is 14.0. The van der Waals surface area contributed by atoms with Crippen molar-refractivity contribution in [1.29, 1.82) is 0 Å². The number of phenols is 1. The van der Waals surface area contributed by atoms with Gasteiger partial charge in [-0.25, -0.2) is 0 Å². The van der Waals surface area contributed by atoms with Crippen molar-refractivity contribution in [2.45, 2.75) is 66.7 Å². The monoisotopic (exact) mass is 978 g/mol. The molecule has 1 N–H and O–H groups in total. The van der Waals surface area contributed by atoms with Crippen molar-refractivity contribution < 1.29 is 28.0 Å². The van der Waals surface area contributed by atoms with Crippen LogP contribution in [-0.2, 0) is 26.5 Å². The van der Waals surface area contributed by atoms with E-state index in [0.29, 0.717) is 34.4 Å². The number of aromatic nitrogens is 3. The third-order valence-electron chi connectivity index (χ3n) is 10.1. The molecule has 0 saturated carbocycles. The molecule has 1 radical (unpaired) electrons. The molecule has 0 saturated heterocycles. The number of para-hydroxylation sites is 1. The number of benzene rings is 5. The molecule has 8 rings (SSSR count). The Kier molecular flexibility index (Phi) is 13.7. The van der Waals surface area contributed by atoms with Gasteiger partial charge in [0.05, 0.1) is 5.69 Å². The first-order valence-corrected chi connectivity index (χ1v) is 20.6. The Balaban J connectivity index is 0.000000217. The Hall–Kier alpha value is -6.00. The van der Waals surface area contributed by atoms with Crippen molar-refractivity contribution in [2.24, 2.45) is 5.41 Å². The van der Waals surface area contributed by atoms with Crippen molar-refractivity contribution in [3.05, 3.63) is 193 Å². The first-order valence-electron chi connectivity index (χ1n) is 21.6. The topological polar surface area (TPSA) is 58.9 Å². The minimum atomic E-state index is -1.57. The molecular weight excluding hydrogens is 923 g/mol. The Bertz CT molecular complexity index is 2670. The van der Waals surface area contributed by atoms with Crippen LogP contribution in [-0.4, -0.2) is 20.1 Å². The number of rotatable bonds is 9. The van der Waals surface area contributed by atoms with E-state index in [1.54, 1.807) is 30.3 Å². The smallest absolute Gasteiger partial charge is 0.124 e. The Morgan fingerprint density at radius 2 is 1.13 bits per heavy atom. The summed E-state index contributed by atoms with van der Waals surface area (Å²) >= 11 is 0. The van der Waals surface area contributed by atoms with E-state index >= 15 is 0 Å². The maximum absolute atomic E-state index is 10.2. The van der Waals surface area contributed by atoms with Crippen molar-refractivity contribution in [3.8, 4) is 73.0 Å². The van der Waals surface area contributed by atoms with Crippen LogP contribution in [0.2, 0.25) is 0 Å². The van der Waals surface area contributed by atoms with Crippen LogP contribution >= 0.6 is 0 Å². The molecule has 0 amide bonds. The van der Waals surface area contributed by atoms with Crippen LogP contribution in [0.15, 0.2) is 164 Å². The number of hydrogen-bond acceptors (Lipinski definition) is 4. The minimum absolute atomic E-state index is 0. The van der Waals surface area contributed by atoms with Gasteiger partial charge in [0, 0.05) is 52.2 Å². The molecule has 5 heteroatoms. The van der Waals surface area contributed by atoms with E-state index in [1.165, 1.54) is 33.4 Å². The van der Waals surface area contributed by atoms with Gasteiger partial charge in [-0.15, -0.1) is 54.1 Å². The van der Waals surface area contributed by atoms with E-state index in [4.69, 9.17) is 2.74 Å². The van der Waals surface area contributed by atoms with Crippen molar-refractivity contribution >= 4 is 0 Å². The molecule has 8 aromatic rings. The molecule has 0 aliphatic rings. The van der Waals surface area contributed by atoms with E-state index < -0.39 is 11.8 Å². The summed E-state index contributed by atoms with van der Waals surface area (Å²) in [5, 5.41) is 10.2. The molecule has 0 aliphatic heterocycles. The van der Waals surface area contributed by atoms with Crippen LogP contribution < -0.4 is 0 Å². The van der Waals surface area contributed by atoms with Gasteiger partial charge < -0.3 is 5.11 Å². The van der Waals surface area contributed by atoms with Crippen LogP contribution in [0.3, 0.4) is 0 Å². The standard InChI is InChI=1S/C34H31N2.C22H22NO.Ir/c1-23(2)30-21-26(25-12-6-5-7-13-25)22-31(24(3)4)34(30)29-19-27(32-14-8-10-16-35-32)18-28(20-29)33-15-9-11-17-36-33;1-22(2,3)15-16-13-19(17-9-5-4-6-10-17)23-20(14-16)18-11-7-8-12-21(18)24;/h5-17,19-24H,1-4H3;4-9,11-14,24H,15H2,1-3H3;/q2*-1;/i;15D2;. The van der Waals surface area contributed by atoms with Gasteiger partial charge in [-0.1, -0.05) is 156 Å². The van der Waals surface area contributed by atoms with Crippen molar-refractivity contribution in [1.82, 2.24) is 15.0 Å². The third-order valence-corrected chi connectivity index (χ3v) is 10.1. The maximum atomic E-state index is 10.2. The van der Waals surface area contributed by atoms with E-state index in [-0.39, 0.29) is 25.9 Å². The van der Waals surface area contributed by atoms with Crippen LogP contribution in [0.25, 0.3) is 67.3 Å². The van der Waals surface area contributed by atoms with Gasteiger partial charge in [0.15, 0.2) is 0 Å². The first-order chi connectivity index (χ1) is 29.7. The number of aromatic hydroxyl groups is 1. The summed E-state index contributed by atoms with van der Waals surface area (Å²) < 4.78 is 17.3. The second-order valence-corrected chi connectivity index (χ2v) is 16.6. The van der Waals surface area contributed by atoms with Crippen molar-refractivity contribution in [3.63, 3.8) is 0 Å². The Morgan fingerprint density at radius 1 is 0.574 bits per heavy atom. The van der Waals surface area contributed by atoms with Gasteiger partial charge in [0.2, 0.25) is 0 Å². The second-order valence-electron chi connectivity index (χ2n) is 16.6. The average molecular weight is 978 g/mol. The fourth-order valence-corrected chi connectivity index (χ4v) is 7.32. The Morgan fingerprint density at radius 3 is 1.66 bits per heavy atom. The number of pyridine rings is 3. The predicted molar refractivity (Wildman–Crippen MR) is 250 cm³/mol. The summed E-state index contributed by atoms with van der Waals surface area (Å²) in [6.45, 7) is 14.8. The number of phenolic OH excluding ortho intramolecular Hbond substituents is 1. The summed E-state index contributed by atoms with van der Waals surface area (Å²) in [6.07, 6.45) is 2.10. The molecule has 3 heterocycles. The van der Waals surface area contributed by atoms with E-state index in [1.807, 2.05) is 99.9 Å². The third kappa shape index (κ3) is 11.2. The maximum Gasteiger partial charge on any atom is 0.124 e. The van der Waals surface area contributed by atoms with Gasteiger partial charge >= 0.3 is 0 Å². The van der Waals surface area contributed by atoms with E-state index in [9.17, 15) is 5.11 Å². The molecule has 0 bridgehead atoms. The zero-order valence-corrected chi connectivity index (χ0v) is 38.3. The first kappa shape index (κ1) is 41.7. The largest absolute Gasteiger partial charge is 0.507 e. The van der Waals surface area contributed by atoms with Crippen LogP contribution in [0, 0.1) is 17.5 Å². The van der Waals surface area contributed by atoms with Gasteiger partial charge in [-0.05, 0) is 87.5 Å². The Labute approximate surface area is 379 Å². The summed E-state index contributed by atoms with van der Waals surface area (Å²) in [7, 11) is 0. The molecule has 5 aromatic carbocycles. The molecule has 0 atom stereocenters. The SMILES string of the molecule is CC(C)c1cc(-c2ccccc2)cc(C(C)C)c1-c1cc(-c2ccccn2)[c-]c(-c2ccccn2)c1.[2H]C([2H])(c1cc(-c2[c-]cccc2)nc(-c2ccccc2O)c1)C(C)(C)C.[Ir]. The van der Waals surface area contributed by atoms with Gasteiger partial charge in [-0.3, -0.25) is 15.0 Å². The zero-order valence-electron chi connectivity index (χ0n) is 37.9. The second kappa shape index (κ2) is 20.0. The molecule has 0 aliphatic carbocycles. The van der Waals surface area contributed by atoms with Crippen molar-refractivity contribution in [2.75, 3.05) is 0 Å². The molecule has 0 spiro atoms. The molecule has 0 unspecified atom stereocenters. The molecule has 4 nitrogen and oxygen atoms in total. The van der Waals surface area contributed by atoms with Crippen LogP contribution in [0.5, 0.6) is 5.75 Å². The van der Waals surface area contributed by atoms with E-state index in [2.05, 4.69) is 109 Å². The average Bonchev–Trinajstić information content (AvgIpc) is 3.29. The summed E-state index contributed by atoms with van der Waals surface area (Å²) in [4.78, 5) is 13.9. The fourth-order valence-electron chi connectivity index (χ4n) is 7.32. The molecular formula is C56H53IrN3O-2. The molecule has 61 heavy (non-hydrogen) atoms. The summed E-state index contributed by atoms with van der Waals surface area (Å²) in [5.74, 6) is 0.848. The fraction of sp³-hybridized carbons (Fsp3) is 0.196. The predicted octanol–water partition coefficient (Wildman–Crippen LogP) is 14.7. The van der Waals surface area contributed by atoms with E-state index in [0.717, 1.165) is 28.1 Å². The zero-order chi connectivity index (χ0) is 44.0.